The number of methoxy groups -OCH3 is 2. The van der Waals surface area contributed by atoms with Gasteiger partial charge in [0.1, 0.15) is 28.7 Å². The summed E-state index contributed by atoms with van der Waals surface area (Å²) in [6.45, 7) is 3.96. The van der Waals surface area contributed by atoms with Gasteiger partial charge in [-0.3, -0.25) is 4.79 Å². The number of hydrogen-bond acceptors (Lipinski definition) is 4. The molecule has 0 unspecified atom stereocenters. The van der Waals surface area contributed by atoms with Gasteiger partial charge < -0.3 is 19.5 Å². The zero-order chi connectivity index (χ0) is 21.5. The lowest BCUT2D eigenvalue weighted by Gasteiger charge is -2.23. The van der Waals surface area contributed by atoms with E-state index in [1.165, 1.54) is 12.1 Å². The van der Waals surface area contributed by atoms with E-state index in [-0.39, 0.29) is 5.91 Å². The summed E-state index contributed by atoms with van der Waals surface area (Å²) in [5.74, 6) is 1.36. The fraction of sp³-hybridized carbons (Fsp3) is 0.292. The Morgan fingerprint density at radius 1 is 1.07 bits per heavy atom. The Morgan fingerprint density at radius 2 is 1.87 bits per heavy atom. The Hall–Kier alpha value is -3.28. The zero-order valence-electron chi connectivity index (χ0n) is 17.5. The molecule has 2 aromatic rings. The van der Waals surface area contributed by atoms with Crippen LogP contribution in [0.2, 0.25) is 0 Å². The van der Waals surface area contributed by atoms with Crippen LogP contribution in [0.5, 0.6) is 11.5 Å². The summed E-state index contributed by atoms with van der Waals surface area (Å²) in [5.41, 5.74) is 3.15. The van der Waals surface area contributed by atoms with Crippen LogP contribution in [0.15, 0.2) is 53.8 Å². The van der Waals surface area contributed by atoms with Gasteiger partial charge in [0.2, 0.25) is 0 Å². The molecule has 1 N–H and O–H groups in total. The van der Waals surface area contributed by atoms with Gasteiger partial charge in [-0.25, -0.2) is 4.39 Å². The average Bonchev–Trinajstić information content (AvgIpc) is 3.19. The smallest absolute Gasteiger partial charge is 0.260 e. The lowest BCUT2D eigenvalue weighted by molar-refractivity contribution is -0.111. The Kier molecular flexibility index (Phi) is 5.02. The first-order valence-corrected chi connectivity index (χ1v) is 9.79. The number of carbonyl (C=O) groups is 1. The van der Waals surface area contributed by atoms with Crippen molar-refractivity contribution in [3.63, 3.8) is 0 Å². The first-order valence-electron chi connectivity index (χ1n) is 9.79. The molecule has 0 saturated heterocycles. The van der Waals surface area contributed by atoms with E-state index in [9.17, 15) is 9.18 Å². The maximum atomic E-state index is 13.5. The van der Waals surface area contributed by atoms with E-state index < -0.39 is 11.4 Å². The first-order chi connectivity index (χ1) is 14.3. The van der Waals surface area contributed by atoms with Gasteiger partial charge in [0.15, 0.2) is 0 Å². The van der Waals surface area contributed by atoms with E-state index in [1.54, 1.807) is 20.3 Å². The molecule has 0 fully saturated rings. The molecule has 0 bridgehead atoms. The number of hydrogen-bond donors (Lipinski definition) is 1. The van der Waals surface area contributed by atoms with Crippen molar-refractivity contribution in [1.29, 1.82) is 0 Å². The molecule has 0 atom stereocenters. The number of halogens is 1. The molecule has 2 heterocycles. The zero-order valence-corrected chi connectivity index (χ0v) is 17.5. The largest absolute Gasteiger partial charge is 0.497 e. The Bertz CT molecular complexity index is 1080. The van der Waals surface area contributed by atoms with Crippen molar-refractivity contribution >= 4 is 17.2 Å². The minimum Gasteiger partial charge on any atom is -0.497 e. The number of ether oxygens (including phenoxy) is 3. The number of nitrogens with one attached hydrogen (secondary N) is 1. The SMILES string of the molecule is COc1ccc(CCC2=C/C(=C3\C(=O)Nc4cc(F)ccc43)OC2(C)C)c(OC)c1. The minimum atomic E-state index is -0.550. The highest BCUT2D eigenvalue weighted by Crippen LogP contribution is 2.42. The number of allylic oxidation sites excluding steroid dienone is 1. The molecule has 6 heteroatoms. The van der Waals surface area contributed by atoms with E-state index in [2.05, 4.69) is 5.32 Å². The molecule has 156 valence electrons. The summed E-state index contributed by atoms with van der Waals surface area (Å²) in [7, 11) is 3.26. The number of carbonyl (C=O) groups excluding carboxylic acids is 1. The van der Waals surface area contributed by atoms with E-state index in [4.69, 9.17) is 14.2 Å². The normalized spacial score (nSPS) is 19.1. The van der Waals surface area contributed by atoms with Crippen molar-refractivity contribution in [2.24, 2.45) is 0 Å². The third-order valence-corrected chi connectivity index (χ3v) is 5.57. The predicted octanol–water partition coefficient (Wildman–Crippen LogP) is 4.87. The van der Waals surface area contributed by atoms with Crippen molar-refractivity contribution in [3.05, 3.63) is 70.8 Å². The molecule has 0 saturated carbocycles. The molecular formula is C24H24FNO4. The van der Waals surface area contributed by atoms with E-state index >= 15 is 0 Å². The summed E-state index contributed by atoms with van der Waals surface area (Å²) >= 11 is 0. The van der Waals surface area contributed by atoms with Crippen molar-refractivity contribution < 1.29 is 23.4 Å². The van der Waals surface area contributed by atoms with Gasteiger partial charge in [0, 0.05) is 11.6 Å². The highest BCUT2D eigenvalue weighted by Gasteiger charge is 2.37. The van der Waals surface area contributed by atoms with Gasteiger partial charge >= 0.3 is 0 Å². The van der Waals surface area contributed by atoms with Gasteiger partial charge in [0.05, 0.1) is 25.5 Å². The average molecular weight is 409 g/mol. The fourth-order valence-corrected chi connectivity index (χ4v) is 3.92. The van der Waals surface area contributed by atoms with Gasteiger partial charge in [-0.1, -0.05) is 6.07 Å². The van der Waals surface area contributed by atoms with Crippen LogP contribution in [0.25, 0.3) is 5.57 Å². The molecule has 4 rings (SSSR count). The maximum Gasteiger partial charge on any atom is 0.260 e. The molecule has 2 aliphatic rings. The number of aryl methyl sites for hydroxylation is 1. The fourth-order valence-electron chi connectivity index (χ4n) is 3.92. The van der Waals surface area contributed by atoms with E-state index in [0.717, 1.165) is 35.5 Å². The third-order valence-electron chi connectivity index (χ3n) is 5.57. The number of anilines is 1. The van der Waals surface area contributed by atoms with Crippen molar-refractivity contribution in [3.8, 4) is 11.5 Å². The molecule has 0 spiro atoms. The van der Waals surface area contributed by atoms with Crippen LogP contribution in [0.4, 0.5) is 10.1 Å². The summed E-state index contributed by atoms with van der Waals surface area (Å²) in [6.07, 6.45) is 3.43. The molecule has 0 aliphatic carbocycles. The quantitative estimate of drug-likeness (QED) is 0.716. The second-order valence-corrected chi connectivity index (χ2v) is 7.84. The molecule has 0 aromatic heterocycles. The van der Waals surface area contributed by atoms with Gasteiger partial charge in [-0.2, -0.15) is 0 Å². The molecule has 5 nitrogen and oxygen atoms in total. The maximum absolute atomic E-state index is 13.5. The van der Waals surface area contributed by atoms with Crippen molar-refractivity contribution in [1.82, 2.24) is 0 Å². The van der Waals surface area contributed by atoms with Crippen LogP contribution in [-0.2, 0) is 16.0 Å². The van der Waals surface area contributed by atoms with E-state index in [1.807, 2.05) is 38.1 Å². The highest BCUT2D eigenvalue weighted by molar-refractivity contribution is 6.32. The molecule has 2 aliphatic heterocycles. The molecule has 30 heavy (non-hydrogen) atoms. The molecular weight excluding hydrogens is 385 g/mol. The molecule has 0 radical (unpaired) electrons. The monoisotopic (exact) mass is 409 g/mol. The number of fused-ring (bicyclic) bond motifs is 1. The summed E-state index contributed by atoms with van der Waals surface area (Å²) in [5, 5.41) is 2.72. The summed E-state index contributed by atoms with van der Waals surface area (Å²) in [4.78, 5) is 12.5. The van der Waals surface area contributed by atoms with Crippen LogP contribution in [0.1, 0.15) is 31.4 Å². The van der Waals surface area contributed by atoms with Gasteiger partial charge in [-0.15, -0.1) is 0 Å². The first kappa shape index (κ1) is 20.0. The lowest BCUT2D eigenvalue weighted by Crippen LogP contribution is -2.22. The third kappa shape index (κ3) is 3.54. The molecule has 1 amide bonds. The van der Waals surface area contributed by atoms with Crippen LogP contribution >= 0.6 is 0 Å². The Morgan fingerprint density at radius 3 is 2.60 bits per heavy atom. The van der Waals surface area contributed by atoms with Crippen LogP contribution < -0.4 is 14.8 Å². The predicted molar refractivity (Wildman–Crippen MR) is 113 cm³/mol. The van der Waals surface area contributed by atoms with Crippen LogP contribution in [0.3, 0.4) is 0 Å². The topological polar surface area (TPSA) is 56.8 Å². The Balaban J connectivity index is 1.63. The van der Waals surface area contributed by atoms with E-state index in [0.29, 0.717) is 22.6 Å². The standard InChI is InChI=1S/C24H24FNO4/c1-24(2)15(7-5-14-6-9-17(28-3)13-20(14)29-4)11-21(30-24)22-18-10-8-16(25)12-19(18)26-23(22)27/h6,8-13H,5,7H2,1-4H3,(H,26,27)/b22-21+. The number of rotatable bonds is 5. The number of benzene rings is 2. The van der Waals surface area contributed by atoms with Crippen LogP contribution in [-0.4, -0.2) is 25.7 Å². The summed E-state index contributed by atoms with van der Waals surface area (Å²) < 4.78 is 30.4. The lowest BCUT2D eigenvalue weighted by atomic mass is 9.93. The highest BCUT2D eigenvalue weighted by atomic mass is 19.1. The summed E-state index contributed by atoms with van der Waals surface area (Å²) in [6, 6.07) is 10.0. The van der Waals surface area contributed by atoms with Crippen molar-refractivity contribution in [2.75, 3.05) is 19.5 Å². The van der Waals surface area contributed by atoms with Gasteiger partial charge in [-0.05, 0) is 68.2 Å². The second kappa shape index (κ2) is 7.52. The minimum absolute atomic E-state index is 0.282. The Labute approximate surface area is 175 Å². The van der Waals surface area contributed by atoms with Crippen molar-refractivity contribution in [2.45, 2.75) is 32.3 Å². The second-order valence-electron chi connectivity index (χ2n) is 7.84. The molecule has 2 aromatic carbocycles. The number of amides is 1. The van der Waals surface area contributed by atoms with Crippen LogP contribution in [0, 0.1) is 5.82 Å². The van der Waals surface area contributed by atoms with Gasteiger partial charge in [0.25, 0.3) is 5.91 Å².